The average Bonchev–Trinajstić information content (AvgIpc) is 3.16. The number of anilines is 1. The maximum atomic E-state index is 13.9. The van der Waals surface area contributed by atoms with Gasteiger partial charge in [-0.25, -0.2) is 4.39 Å². The van der Waals surface area contributed by atoms with Gasteiger partial charge in [-0.15, -0.1) is 16.8 Å². The maximum Gasteiger partial charge on any atom is 0.271 e. The molecule has 0 saturated carbocycles. The third-order valence-corrected chi connectivity index (χ3v) is 5.77. The summed E-state index contributed by atoms with van der Waals surface area (Å²) in [6.07, 6.45) is 1.71. The van der Waals surface area contributed by atoms with Gasteiger partial charge in [-0.3, -0.25) is 19.5 Å². The standard InChI is InChI=1S/C23H24FN5O3S/c1-5-12-28-21(15-6-8-16(9-7-15)23(2,3)4)26-27-22(28)33-14-20(30)25-19-13-17(29(31)32)10-11-18(19)24/h5-11,13H,1,12,14H2,2-4H3,(H,25,30). The van der Waals surface area contributed by atoms with Crippen LogP contribution in [0.15, 0.2) is 60.3 Å². The van der Waals surface area contributed by atoms with Gasteiger partial charge in [0.2, 0.25) is 5.91 Å². The first-order chi connectivity index (χ1) is 15.6. The predicted octanol–water partition coefficient (Wildman–Crippen LogP) is 5.21. The van der Waals surface area contributed by atoms with Gasteiger partial charge in [0, 0.05) is 24.2 Å². The number of carbonyl (C=O) groups excluding carboxylic acids is 1. The molecule has 0 fully saturated rings. The normalized spacial score (nSPS) is 11.3. The molecule has 1 heterocycles. The van der Waals surface area contributed by atoms with Crippen LogP contribution in [0.1, 0.15) is 26.3 Å². The smallest absolute Gasteiger partial charge is 0.271 e. The monoisotopic (exact) mass is 469 g/mol. The number of aromatic nitrogens is 3. The van der Waals surface area contributed by atoms with Gasteiger partial charge in [-0.1, -0.05) is 62.9 Å². The molecule has 1 aromatic heterocycles. The second-order valence-electron chi connectivity index (χ2n) is 8.29. The molecule has 8 nitrogen and oxygen atoms in total. The number of hydrogen-bond donors (Lipinski definition) is 1. The first-order valence-corrected chi connectivity index (χ1v) is 11.1. The summed E-state index contributed by atoms with van der Waals surface area (Å²) in [5.74, 6) is -0.721. The van der Waals surface area contributed by atoms with Crippen LogP contribution < -0.4 is 5.32 Å². The van der Waals surface area contributed by atoms with E-state index >= 15 is 0 Å². The van der Waals surface area contributed by atoms with E-state index in [1.54, 1.807) is 6.08 Å². The lowest BCUT2D eigenvalue weighted by Crippen LogP contribution is -2.16. The zero-order valence-electron chi connectivity index (χ0n) is 18.5. The lowest BCUT2D eigenvalue weighted by molar-refractivity contribution is -0.384. The molecule has 0 aliphatic carbocycles. The molecule has 33 heavy (non-hydrogen) atoms. The molecule has 0 aliphatic rings. The van der Waals surface area contributed by atoms with Crippen molar-refractivity contribution in [2.24, 2.45) is 0 Å². The SMILES string of the molecule is C=CCn1c(SCC(=O)Nc2cc([N+](=O)[O-])ccc2F)nnc1-c1ccc(C(C)(C)C)cc1. The van der Waals surface area contributed by atoms with Crippen molar-refractivity contribution in [1.82, 2.24) is 14.8 Å². The van der Waals surface area contributed by atoms with Crippen molar-refractivity contribution < 1.29 is 14.1 Å². The number of nitro benzene ring substituents is 1. The quantitative estimate of drug-likeness (QED) is 0.210. The molecule has 0 radical (unpaired) electrons. The lowest BCUT2D eigenvalue weighted by atomic mass is 9.87. The van der Waals surface area contributed by atoms with Crippen molar-refractivity contribution in [1.29, 1.82) is 0 Å². The number of rotatable bonds is 8. The van der Waals surface area contributed by atoms with Crippen molar-refractivity contribution in [2.75, 3.05) is 11.1 Å². The number of allylic oxidation sites excluding steroid dienone is 1. The van der Waals surface area contributed by atoms with Crippen molar-refractivity contribution >= 4 is 29.0 Å². The Kier molecular flexibility index (Phi) is 7.27. The number of thioether (sulfide) groups is 1. The van der Waals surface area contributed by atoms with E-state index in [2.05, 4.69) is 55.0 Å². The zero-order valence-corrected chi connectivity index (χ0v) is 19.4. The number of carbonyl (C=O) groups is 1. The summed E-state index contributed by atoms with van der Waals surface area (Å²) in [4.78, 5) is 22.6. The number of halogens is 1. The largest absolute Gasteiger partial charge is 0.323 e. The Morgan fingerprint density at radius 3 is 2.55 bits per heavy atom. The van der Waals surface area contributed by atoms with Crippen molar-refractivity contribution in [3.05, 3.63) is 76.6 Å². The first-order valence-electron chi connectivity index (χ1n) is 10.1. The summed E-state index contributed by atoms with van der Waals surface area (Å²) in [5.41, 5.74) is 1.54. The van der Waals surface area contributed by atoms with Gasteiger partial charge in [0.25, 0.3) is 5.69 Å². The van der Waals surface area contributed by atoms with Crippen LogP contribution >= 0.6 is 11.8 Å². The Morgan fingerprint density at radius 1 is 1.24 bits per heavy atom. The molecule has 1 N–H and O–H groups in total. The van der Waals surface area contributed by atoms with Gasteiger partial charge in [-0.05, 0) is 17.0 Å². The molecule has 3 rings (SSSR count). The molecular weight excluding hydrogens is 445 g/mol. The number of non-ortho nitro benzene ring substituents is 1. The minimum Gasteiger partial charge on any atom is -0.323 e. The lowest BCUT2D eigenvalue weighted by Gasteiger charge is -2.19. The summed E-state index contributed by atoms with van der Waals surface area (Å²) in [5, 5.41) is 22.2. The van der Waals surface area contributed by atoms with E-state index in [0.717, 1.165) is 35.5 Å². The van der Waals surface area contributed by atoms with E-state index < -0.39 is 16.6 Å². The zero-order chi connectivity index (χ0) is 24.2. The van der Waals surface area contributed by atoms with Crippen LogP contribution in [-0.4, -0.2) is 31.3 Å². The molecule has 172 valence electrons. The summed E-state index contributed by atoms with van der Waals surface area (Å²) in [6, 6.07) is 11.0. The highest BCUT2D eigenvalue weighted by atomic mass is 32.2. The number of benzene rings is 2. The van der Waals surface area contributed by atoms with E-state index in [-0.39, 0.29) is 22.5 Å². The van der Waals surface area contributed by atoms with Crippen molar-refractivity contribution in [3.63, 3.8) is 0 Å². The van der Waals surface area contributed by atoms with E-state index in [1.165, 1.54) is 5.56 Å². The number of nitrogens with zero attached hydrogens (tertiary/aromatic N) is 4. The predicted molar refractivity (Wildman–Crippen MR) is 127 cm³/mol. The van der Waals surface area contributed by atoms with Crippen LogP contribution in [0, 0.1) is 15.9 Å². The highest BCUT2D eigenvalue weighted by molar-refractivity contribution is 7.99. The molecule has 10 heteroatoms. The molecule has 3 aromatic rings. The van der Waals surface area contributed by atoms with Crippen LogP contribution in [0.2, 0.25) is 0 Å². The van der Waals surface area contributed by atoms with Crippen LogP contribution in [0.25, 0.3) is 11.4 Å². The van der Waals surface area contributed by atoms with Gasteiger partial charge < -0.3 is 5.32 Å². The Balaban J connectivity index is 1.75. The van der Waals surface area contributed by atoms with Crippen LogP contribution in [0.5, 0.6) is 0 Å². The second-order valence-corrected chi connectivity index (χ2v) is 9.23. The number of hydrogen-bond acceptors (Lipinski definition) is 6. The molecule has 0 atom stereocenters. The minimum absolute atomic E-state index is 0.0281. The Labute approximate surface area is 195 Å². The molecule has 2 aromatic carbocycles. The van der Waals surface area contributed by atoms with Crippen molar-refractivity contribution in [2.45, 2.75) is 37.9 Å². The summed E-state index contributed by atoms with van der Waals surface area (Å²) in [6.45, 7) is 10.6. The van der Waals surface area contributed by atoms with Crippen LogP contribution in [0.3, 0.4) is 0 Å². The van der Waals surface area contributed by atoms with E-state index in [9.17, 15) is 19.3 Å². The summed E-state index contributed by atoms with van der Waals surface area (Å²) >= 11 is 1.13. The molecule has 0 unspecified atom stereocenters. The number of nitrogens with one attached hydrogen (secondary N) is 1. The average molecular weight is 470 g/mol. The summed E-state index contributed by atoms with van der Waals surface area (Å²) < 4.78 is 15.8. The van der Waals surface area contributed by atoms with E-state index in [4.69, 9.17) is 0 Å². The highest BCUT2D eigenvalue weighted by Crippen LogP contribution is 2.28. The summed E-state index contributed by atoms with van der Waals surface area (Å²) in [7, 11) is 0. The van der Waals surface area contributed by atoms with Gasteiger partial charge >= 0.3 is 0 Å². The minimum atomic E-state index is -0.755. The third kappa shape index (κ3) is 5.83. The van der Waals surface area contributed by atoms with E-state index in [1.807, 2.05) is 16.7 Å². The molecule has 0 bridgehead atoms. The third-order valence-electron chi connectivity index (χ3n) is 4.80. The number of amides is 1. The van der Waals surface area contributed by atoms with Gasteiger partial charge in [0.05, 0.1) is 16.4 Å². The second kappa shape index (κ2) is 9.95. The molecular formula is C23H24FN5O3S. The fourth-order valence-electron chi connectivity index (χ4n) is 3.06. The van der Waals surface area contributed by atoms with Gasteiger partial charge in [0.1, 0.15) is 5.82 Å². The fraction of sp³-hybridized carbons (Fsp3) is 0.261. The van der Waals surface area contributed by atoms with Crippen molar-refractivity contribution in [3.8, 4) is 11.4 Å². The fourth-order valence-corrected chi connectivity index (χ4v) is 3.81. The topological polar surface area (TPSA) is 103 Å². The Bertz CT molecular complexity index is 1190. The molecule has 1 amide bonds. The first kappa shape index (κ1) is 24.1. The Morgan fingerprint density at radius 2 is 1.94 bits per heavy atom. The highest BCUT2D eigenvalue weighted by Gasteiger charge is 2.18. The van der Waals surface area contributed by atoms with Gasteiger partial charge in [-0.2, -0.15) is 0 Å². The molecule has 0 aliphatic heterocycles. The van der Waals surface area contributed by atoms with E-state index in [0.29, 0.717) is 17.5 Å². The molecule has 0 spiro atoms. The number of nitro groups is 1. The maximum absolute atomic E-state index is 13.9. The van der Waals surface area contributed by atoms with Crippen LogP contribution in [-0.2, 0) is 16.8 Å². The van der Waals surface area contributed by atoms with Gasteiger partial charge in [0.15, 0.2) is 11.0 Å². The van der Waals surface area contributed by atoms with Crippen LogP contribution in [0.4, 0.5) is 15.8 Å². The molecule has 0 saturated heterocycles. The Hall–Kier alpha value is -3.53.